The maximum atomic E-state index is 12.6. The van der Waals surface area contributed by atoms with Crippen molar-refractivity contribution in [3.8, 4) is 0 Å². The van der Waals surface area contributed by atoms with E-state index in [0.717, 1.165) is 69.8 Å². The zero-order chi connectivity index (χ0) is 20.7. The van der Waals surface area contributed by atoms with Crippen molar-refractivity contribution in [1.29, 1.82) is 0 Å². The Hall–Kier alpha value is -1.37. The number of hydrogen-bond acceptors (Lipinski definition) is 4. The van der Waals surface area contributed by atoms with Crippen LogP contribution in [0.2, 0.25) is 5.15 Å². The van der Waals surface area contributed by atoms with Crippen LogP contribution in [0.3, 0.4) is 0 Å². The van der Waals surface area contributed by atoms with E-state index in [-0.39, 0.29) is 11.4 Å². The van der Waals surface area contributed by atoms with E-state index in [9.17, 15) is 4.79 Å². The zero-order valence-electron chi connectivity index (χ0n) is 17.9. The first kappa shape index (κ1) is 22.3. The van der Waals surface area contributed by atoms with Gasteiger partial charge in [-0.05, 0) is 32.3 Å². The molecule has 0 bridgehead atoms. The molecule has 3 rings (SSSR count). The molecule has 1 aromatic rings. The Morgan fingerprint density at radius 1 is 1.28 bits per heavy atom. The minimum Gasteiger partial charge on any atom is -0.379 e. The number of unbranched alkanes of at least 4 members (excludes halogenated alkanes) is 1. The van der Waals surface area contributed by atoms with Gasteiger partial charge in [-0.2, -0.15) is 5.10 Å². The minimum atomic E-state index is -0.0695. The summed E-state index contributed by atoms with van der Waals surface area (Å²) in [5, 5.41) is 8.27. The molecule has 1 aliphatic carbocycles. The van der Waals surface area contributed by atoms with Gasteiger partial charge in [0.1, 0.15) is 5.15 Å². The second kappa shape index (κ2) is 10.6. The lowest BCUT2D eigenvalue weighted by atomic mass is 9.79. The third-order valence-corrected chi connectivity index (χ3v) is 6.69. The third kappa shape index (κ3) is 5.62. The Bertz CT molecular complexity index is 704. The summed E-state index contributed by atoms with van der Waals surface area (Å²) in [6.07, 6.45) is 11.6. The quantitative estimate of drug-likeness (QED) is 0.647. The second-order valence-corrected chi connectivity index (χ2v) is 8.66. The summed E-state index contributed by atoms with van der Waals surface area (Å²) >= 11 is 6.47. The fraction of sp³-hybridized carbons (Fsp3) is 0.727. The van der Waals surface area contributed by atoms with Crippen LogP contribution in [0.5, 0.6) is 0 Å². The van der Waals surface area contributed by atoms with Crippen molar-refractivity contribution in [3.05, 3.63) is 22.5 Å². The maximum Gasteiger partial charge on any atom is 0.244 e. The van der Waals surface area contributed by atoms with Crippen molar-refractivity contribution in [1.82, 2.24) is 20.0 Å². The summed E-state index contributed by atoms with van der Waals surface area (Å²) in [4.78, 5) is 15.1. The number of morpholine rings is 1. The van der Waals surface area contributed by atoms with Crippen LogP contribution in [0, 0.1) is 6.92 Å². The van der Waals surface area contributed by atoms with Gasteiger partial charge in [-0.3, -0.25) is 14.4 Å². The molecule has 7 heteroatoms. The van der Waals surface area contributed by atoms with E-state index in [1.54, 1.807) is 12.2 Å². The molecular weight excluding hydrogens is 388 g/mol. The Kier molecular flexibility index (Phi) is 8.16. The predicted molar refractivity (Wildman–Crippen MR) is 117 cm³/mol. The first-order valence-corrected chi connectivity index (χ1v) is 11.4. The number of halogens is 1. The number of aryl methyl sites for hydroxylation is 2. The molecule has 1 N–H and O–H groups in total. The lowest BCUT2D eigenvalue weighted by Gasteiger charge is -2.48. The average molecular weight is 423 g/mol. The monoisotopic (exact) mass is 422 g/mol. The van der Waals surface area contributed by atoms with Crippen LogP contribution in [-0.2, 0) is 16.1 Å². The van der Waals surface area contributed by atoms with Crippen LogP contribution in [-0.4, -0.2) is 59.0 Å². The number of ether oxygens (including phenoxy) is 1. The molecular formula is C22H35ClN4O2. The van der Waals surface area contributed by atoms with E-state index in [0.29, 0.717) is 11.7 Å². The first-order valence-electron chi connectivity index (χ1n) is 11.1. The van der Waals surface area contributed by atoms with Crippen molar-refractivity contribution in [2.24, 2.45) is 0 Å². The van der Waals surface area contributed by atoms with Crippen molar-refractivity contribution in [2.45, 2.75) is 70.9 Å². The van der Waals surface area contributed by atoms with Gasteiger partial charge in [0.2, 0.25) is 5.91 Å². The highest BCUT2D eigenvalue weighted by Gasteiger charge is 2.38. The summed E-state index contributed by atoms with van der Waals surface area (Å²) in [7, 11) is 0. The molecule has 0 atom stereocenters. The molecule has 1 aliphatic heterocycles. The summed E-state index contributed by atoms with van der Waals surface area (Å²) in [6.45, 7) is 9.06. The van der Waals surface area contributed by atoms with Crippen LogP contribution in [0.1, 0.15) is 63.1 Å². The Balaban J connectivity index is 1.61. The van der Waals surface area contributed by atoms with E-state index in [4.69, 9.17) is 16.3 Å². The molecule has 1 aromatic heterocycles. The SMILES string of the molecule is CCCCn1nc(C)c(/C=C/C(=O)NCC2(N3CCOCC3)CCCCC2)c1Cl. The molecule has 162 valence electrons. The maximum absolute atomic E-state index is 12.6. The summed E-state index contributed by atoms with van der Waals surface area (Å²) in [6, 6.07) is 0. The highest BCUT2D eigenvalue weighted by Crippen LogP contribution is 2.34. The fourth-order valence-electron chi connectivity index (χ4n) is 4.53. The molecule has 1 amide bonds. The molecule has 1 saturated carbocycles. The smallest absolute Gasteiger partial charge is 0.244 e. The van der Waals surface area contributed by atoms with E-state index in [1.165, 1.54) is 19.3 Å². The van der Waals surface area contributed by atoms with Crippen molar-refractivity contribution >= 4 is 23.6 Å². The molecule has 29 heavy (non-hydrogen) atoms. The van der Waals surface area contributed by atoms with E-state index >= 15 is 0 Å². The number of nitrogens with one attached hydrogen (secondary N) is 1. The van der Waals surface area contributed by atoms with Gasteiger partial charge in [-0.1, -0.05) is 44.2 Å². The molecule has 2 fully saturated rings. The average Bonchev–Trinajstić information content (AvgIpc) is 3.03. The molecule has 0 spiro atoms. The minimum absolute atomic E-state index is 0.0695. The molecule has 0 radical (unpaired) electrons. The van der Waals surface area contributed by atoms with Crippen molar-refractivity contribution < 1.29 is 9.53 Å². The molecule has 6 nitrogen and oxygen atoms in total. The van der Waals surface area contributed by atoms with Crippen LogP contribution in [0.15, 0.2) is 6.08 Å². The second-order valence-electron chi connectivity index (χ2n) is 8.30. The Morgan fingerprint density at radius 3 is 2.69 bits per heavy atom. The normalized spacial score (nSPS) is 20.2. The van der Waals surface area contributed by atoms with Crippen molar-refractivity contribution in [3.63, 3.8) is 0 Å². The van der Waals surface area contributed by atoms with Gasteiger partial charge in [0.25, 0.3) is 0 Å². The number of hydrogen-bond donors (Lipinski definition) is 1. The Labute approximate surface area is 179 Å². The Morgan fingerprint density at radius 2 is 2.00 bits per heavy atom. The molecule has 0 unspecified atom stereocenters. The van der Waals surface area contributed by atoms with Gasteiger partial charge in [0.05, 0.1) is 18.9 Å². The molecule has 2 aliphatic rings. The fourth-order valence-corrected chi connectivity index (χ4v) is 4.86. The van der Waals surface area contributed by atoms with Crippen LogP contribution < -0.4 is 5.32 Å². The first-order chi connectivity index (χ1) is 14.1. The number of nitrogens with zero attached hydrogens (tertiary/aromatic N) is 3. The number of carbonyl (C=O) groups excluding carboxylic acids is 1. The lowest BCUT2D eigenvalue weighted by molar-refractivity contribution is -0.117. The topological polar surface area (TPSA) is 59.4 Å². The van der Waals surface area contributed by atoms with Gasteiger partial charge in [0.15, 0.2) is 0 Å². The predicted octanol–water partition coefficient (Wildman–Crippen LogP) is 3.81. The molecule has 2 heterocycles. The summed E-state index contributed by atoms with van der Waals surface area (Å²) < 4.78 is 7.36. The van der Waals surface area contributed by atoms with Gasteiger partial charge >= 0.3 is 0 Å². The standard InChI is InChI=1S/C22H35ClN4O2/c1-3-4-12-27-21(23)19(18(2)25-27)8-9-20(28)24-17-22(10-6-5-7-11-22)26-13-15-29-16-14-26/h8-9H,3-7,10-17H2,1-2H3,(H,24,28)/b9-8+. The van der Waals surface area contributed by atoms with E-state index in [2.05, 4.69) is 22.2 Å². The van der Waals surface area contributed by atoms with Crippen LogP contribution in [0.4, 0.5) is 0 Å². The number of rotatable bonds is 8. The van der Waals surface area contributed by atoms with E-state index in [1.807, 2.05) is 11.6 Å². The lowest BCUT2D eigenvalue weighted by Crippen LogP contribution is -2.59. The largest absolute Gasteiger partial charge is 0.379 e. The number of aromatic nitrogens is 2. The summed E-state index contributed by atoms with van der Waals surface area (Å²) in [5.41, 5.74) is 1.76. The zero-order valence-corrected chi connectivity index (χ0v) is 18.6. The number of carbonyl (C=O) groups is 1. The highest BCUT2D eigenvalue weighted by molar-refractivity contribution is 6.31. The highest BCUT2D eigenvalue weighted by atomic mass is 35.5. The van der Waals surface area contributed by atoms with E-state index < -0.39 is 0 Å². The van der Waals surface area contributed by atoms with Gasteiger partial charge in [-0.25, -0.2) is 0 Å². The molecule has 0 aromatic carbocycles. The van der Waals surface area contributed by atoms with Crippen molar-refractivity contribution in [2.75, 3.05) is 32.8 Å². The van der Waals surface area contributed by atoms with Gasteiger partial charge in [0, 0.05) is 43.4 Å². The van der Waals surface area contributed by atoms with Crippen LogP contribution >= 0.6 is 11.6 Å². The van der Waals surface area contributed by atoms with Crippen LogP contribution in [0.25, 0.3) is 6.08 Å². The summed E-state index contributed by atoms with van der Waals surface area (Å²) in [5.74, 6) is -0.0695. The van der Waals surface area contributed by atoms with Gasteiger partial charge < -0.3 is 10.1 Å². The number of amides is 1. The third-order valence-electron chi connectivity index (χ3n) is 6.29. The molecule has 1 saturated heterocycles. The van der Waals surface area contributed by atoms with Gasteiger partial charge in [-0.15, -0.1) is 0 Å².